The van der Waals surface area contributed by atoms with Crippen LogP contribution >= 0.6 is 24.0 Å². The lowest BCUT2D eigenvalue weighted by Crippen LogP contribution is -2.41. The van der Waals surface area contributed by atoms with Crippen LogP contribution in [0.15, 0.2) is 29.4 Å². The van der Waals surface area contributed by atoms with Crippen molar-refractivity contribution in [3.8, 4) is 0 Å². The molecule has 3 aliphatic rings. The van der Waals surface area contributed by atoms with Gasteiger partial charge < -0.3 is 15.0 Å². The van der Waals surface area contributed by atoms with Crippen LogP contribution < -0.4 is 5.32 Å². The highest BCUT2D eigenvalue weighted by molar-refractivity contribution is 14.0. The summed E-state index contributed by atoms with van der Waals surface area (Å²) in [5.41, 5.74) is 0.869. The maximum absolute atomic E-state index is 6.06. The number of rotatable bonds is 2. The molecule has 5 rings (SSSR count). The molecule has 5 heterocycles. The first-order chi connectivity index (χ1) is 11.8. The van der Waals surface area contributed by atoms with Crippen LogP contribution in [0.1, 0.15) is 18.7 Å². The van der Waals surface area contributed by atoms with Crippen LogP contribution in [-0.2, 0) is 11.3 Å². The summed E-state index contributed by atoms with van der Waals surface area (Å²) in [6.07, 6.45) is 5.41. The lowest BCUT2D eigenvalue weighted by Gasteiger charge is -2.23. The van der Waals surface area contributed by atoms with E-state index in [0.717, 1.165) is 30.5 Å². The molecule has 0 amide bonds. The van der Waals surface area contributed by atoms with Crippen molar-refractivity contribution in [2.24, 2.45) is 16.8 Å². The Bertz CT molecular complexity index is 774. The van der Waals surface area contributed by atoms with Crippen molar-refractivity contribution in [2.75, 3.05) is 20.1 Å². The van der Waals surface area contributed by atoms with Gasteiger partial charge in [0.1, 0.15) is 0 Å². The largest absolute Gasteiger partial charge is 0.374 e. The minimum absolute atomic E-state index is 0. The van der Waals surface area contributed by atoms with E-state index in [9.17, 15) is 0 Å². The number of aromatic nitrogens is 3. The van der Waals surface area contributed by atoms with Crippen molar-refractivity contribution < 1.29 is 4.74 Å². The van der Waals surface area contributed by atoms with Crippen LogP contribution in [0.5, 0.6) is 0 Å². The second-order valence-electron chi connectivity index (χ2n) is 6.97. The number of hydrogen-bond donors (Lipinski definition) is 1. The predicted molar refractivity (Wildman–Crippen MR) is 105 cm³/mol. The van der Waals surface area contributed by atoms with Gasteiger partial charge in [-0.2, -0.15) is 0 Å². The summed E-state index contributed by atoms with van der Waals surface area (Å²) in [4.78, 5) is 6.86. The second kappa shape index (κ2) is 6.71. The summed E-state index contributed by atoms with van der Waals surface area (Å²) >= 11 is 0. The van der Waals surface area contributed by atoms with Crippen LogP contribution in [0.2, 0.25) is 0 Å². The normalized spacial score (nSPS) is 30.6. The van der Waals surface area contributed by atoms with E-state index in [1.165, 1.54) is 12.8 Å². The van der Waals surface area contributed by atoms with Gasteiger partial charge in [-0.1, -0.05) is 6.07 Å². The Morgan fingerprint density at radius 2 is 2.00 bits per heavy atom. The molecule has 0 saturated carbocycles. The monoisotopic (exact) mass is 454 g/mol. The van der Waals surface area contributed by atoms with E-state index in [4.69, 9.17) is 4.74 Å². The van der Waals surface area contributed by atoms with Gasteiger partial charge in [0.2, 0.25) is 0 Å². The number of aliphatic imine (C=N–C) groups is 1. The van der Waals surface area contributed by atoms with Gasteiger partial charge in [-0.3, -0.25) is 9.39 Å². The summed E-state index contributed by atoms with van der Waals surface area (Å²) in [6, 6.07) is 5.92. The summed E-state index contributed by atoms with van der Waals surface area (Å²) in [7, 11) is 1.85. The number of ether oxygens (including phenoxy) is 1. The minimum Gasteiger partial charge on any atom is -0.374 e. The molecule has 2 bridgehead atoms. The Morgan fingerprint density at radius 1 is 1.24 bits per heavy atom. The average Bonchev–Trinajstić information content (AvgIpc) is 3.37. The van der Waals surface area contributed by atoms with Gasteiger partial charge >= 0.3 is 0 Å². The number of nitrogens with zero attached hydrogens (tertiary/aromatic N) is 5. The van der Waals surface area contributed by atoms with Crippen LogP contribution in [0.3, 0.4) is 0 Å². The van der Waals surface area contributed by atoms with E-state index in [-0.39, 0.29) is 24.0 Å². The second-order valence-corrected chi connectivity index (χ2v) is 6.97. The molecule has 0 aliphatic carbocycles. The summed E-state index contributed by atoms with van der Waals surface area (Å²) in [5, 5.41) is 11.9. The number of fused-ring (bicyclic) bond motifs is 6. The number of likely N-dealkylation sites (tertiary alicyclic amines) is 1. The Morgan fingerprint density at radius 3 is 2.72 bits per heavy atom. The topological polar surface area (TPSA) is 67.0 Å². The number of nitrogens with one attached hydrogen (secondary N) is 1. The molecule has 8 heteroatoms. The smallest absolute Gasteiger partial charge is 0.194 e. The van der Waals surface area contributed by atoms with Crippen molar-refractivity contribution in [3.63, 3.8) is 0 Å². The molecule has 25 heavy (non-hydrogen) atoms. The zero-order valence-corrected chi connectivity index (χ0v) is 16.5. The molecule has 0 spiro atoms. The Labute approximate surface area is 163 Å². The van der Waals surface area contributed by atoms with Gasteiger partial charge in [0.25, 0.3) is 0 Å². The maximum Gasteiger partial charge on any atom is 0.194 e. The molecular weight excluding hydrogens is 431 g/mol. The molecule has 3 aliphatic heterocycles. The minimum atomic E-state index is 0. The Hall–Kier alpha value is -1.42. The SMILES string of the molecule is CN=C(NCc1nnc2ccccn12)N1CC2C3CCC(O3)C2C1.I. The van der Waals surface area contributed by atoms with E-state index in [1.54, 1.807) is 0 Å². The number of hydrogen-bond acceptors (Lipinski definition) is 4. The first-order valence-electron chi connectivity index (χ1n) is 8.73. The fraction of sp³-hybridized carbons (Fsp3) is 0.588. The molecule has 0 aromatic carbocycles. The first-order valence-corrected chi connectivity index (χ1v) is 8.73. The Kier molecular flexibility index (Phi) is 4.57. The number of guanidine groups is 1. The van der Waals surface area contributed by atoms with Crippen molar-refractivity contribution in [1.82, 2.24) is 24.8 Å². The van der Waals surface area contributed by atoms with Gasteiger partial charge in [-0.15, -0.1) is 34.2 Å². The van der Waals surface area contributed by atoms with Gasteiger partial charge in [0.05, 0.1) is 18.8 Å². The van der Waals surface area contributed by atoms with E-state index < -0.39 is 0 Å². The fourth-order valence-electron chi connectivity index (χ4n) is 4.63. The third-order valence-corrected chi connectivity index (χ3v) is 5.75. The van der Waals surface area contributed by atoms with E-state index in [1.807, 2.05) is 35.8 Å². The van der Waals surface area contributed by atoms with Crippen molar-refractivity contribution in [3.05, 3.63) is 30.2 Å². The lowest BCUT2D eigenvalue weighted by atomic mass is 9.82. The average molecular weight is 454 g/mol. The molecule has 4 unspecified atom stereocenters. The van der Waals surface area contributed by atoms with Crippen LogP contribution in [0.4, 0.5) is 0 Å². The molecule has 7 nitrogen and oxygen atoms in total. The van der Waals surface area contributed by atoms with Gasteiger partial charge in [0, 0.05) is 38.2 Å². The molecule has 3 saturated heterocycles. The summed E-state index contributed by atoms with van der Waals surface area (Å²) in [6.45, 7) is 2.71. The first kappa shape index (κ1) is 17.0. The zero-order chi connectivity index (χ0) is 16.1. The summed E-state index contributed by atoms with van der Waals surface area (Å²) < 4.78 is 8.07. The number of halogens is 1. The molecule has 1 N–H and O–H groups in total. The lowest BCUT2D eigenvalue weighted by molar-refractivity contribution is 0.0767. The quantitative estimate of drug-likeness (QED) is 0.424. The third-order valence-electron chi connectivity index (χ3n) is 5.75. The highest BCUT2D eigenvalue weighted by atomic mass is 127. The van der Waals surface area contributed by atoms with Crippen molar-refractivity contribution in [1.29, 1.82) is 0 Å². The summed E-state index contributed by atoms with van der Waals surface area (Å²) in [5.74, 6) is 3.21. The van der Waals surface area contributed by atoms with Crippen LogP contribution in [0.25, 0.3) is 5.65 Å². The van der Waals surface area contributed by atoms with E-state index in [2.05, 4.69) is 25.4 Å². The van der Waals surface area contributed by atoms with Crippen LogP contribution in [-0.4, -0.2) is 57.8 Å². The van der Waals surface area contributed by atoms with E-state index in [0.29, 0.717) is 30.6 Å². The van der Waals surface area contributed by atoms with Crippen LogP contribution in [0, 0.1) is 11.8 Å². The molecule has 0 radical (unpaired) electrons. The molecule has 134 valence electrons. The van der Waals surface area contributed by atoms with Crippen molar-refractivity contribution >= 4 is 35.6 Å². The maximum atomic E-state index is 6.06. The van der Waals surface area contributed by atoms with Gasteiger partial charge in [-0.25, -0.2) is 0 Å². The highest BCUT2D eigenvalue weighted by Gasteiger charge is 2.53. The standard InChI is InChI=1S/C17H22N6O.HI/c1-18-17(19-8-16-21-20-15-4-2-3-7-23(15)16)22-9-11-12(10-22)14-6-5-13(11)24-14;/h2-4,7,11-14H,5-6,8-10H2,1H3,(H,18,19);1H. The molecule has 3 fully saturated rings. The predicted octanol–water partition coefficient (Wildman–Crippen LogP) is 1.53. The molecule has 4 atom stereocenters. The molecule has 2 aromatic heterocycles. The van der Waals surface area contributed by atoms with Gasteiger partial charge in [-0.05, 0) is 25.0 Å². The third kappa shape index (κ3) is 2.79. The van der Waals surface area contributed by atoms with Gasteiger partial charge in [0.15, 0.2) is 17.4 Å². The Balaban J connectivity index is 0.00000157. The number of pyridine rings is 1. The highest BCUT2D eigenvalue weighted by Crippen LogP contribution is 2.47. The molecular formula is C17H23IN6O. The zero-order valence-electron chi connectivity index (χ0n) is 14.2. The van der Waals surface area contributed by atoms with Crippen molar-refractivity contribution in [2.45, 2.75) is 31.6 Å². The fourth-order valence-corrected chi connectivity index (χ4v) is 4.63. The molecule has 2 aromatic rings. The van der Waals surface area contributed by atoms with E-state index >= 15 is 0 Å².